The molecule has 0 rings (SSSR count). The van der Waals surface area contributed by atoms with Crippen molar-refractivity contribution in [1.82, 2.24) is 0 Å². The Bertz CT molecular complexity index is 318. The van der Waals surface area contributed by atoms with Crippen molar-refractivity contribution in [3.05, 3.63) is 0 Å². The minimum Gasteiger partial charge on any atom is -0.164 e. The minimum absolute atomic E-state index is 1.26. The largest absolute Gasteiger partial charge is 0.164 e. The number of thiol groups is 1. The van der Waals surface area contributed by atoms with Crippen LogP contribution in [0.2, 0.25) is 13.1 Å². The first kappa shape index (κ1) is 24.5. The summed E-state index contributed by atoms with van der Waals surface area (Å²) in [6, 6.07) is 0. The molecule has 3 heteroatoms. The average molecular weight is 387 g/mol. The van der Waals surface area contributed by atoms with E-state index < -0.39 is 8.07 Å². The molecule has 0 unspecified atom stereocenters. The van der Waals surface area contributed by atoms with Gasteiger partial charge in [-0.05, 0) is 22.8 Å². The summed E-state index contributed by atoms with van der Waals surface area (Å²) in [5.41, 5.74) is 3.31. The lowest BCUT2D eigenvalue weighted by Gasteiger charge is -2.13. The fraction of sp³-hybridized carbons (Fsp3) is 0.905. The third-order valence-electron chi connectivity index (χ3n) is 4.50. The molecule has 0 bridgehead atoms. The summed E-state index contributed by atoms with van der Waals surface area (Å²) < 4.78 is 0. The monoisotopic (exact) mass is 386 g/mol. The molecule has 0 aromatic rings. The van der Waals surface area contributed by atoms with Crippen LogP contribution in [0.25, 0.3) is 0 Å². The number of hydrogen-bond acceptors (Lipinski definition) is 2. The van der Waals surface area contributed by atoms with Crippen LogP contribution in [0, 0.1) is 10.8 Å². The standard InChI is InChI=1S/C21H42S2Si/c1-4-5-6-7-8-9-10-11-12-13-14-15-16-17-19-23-21-24(2,3)20-18-22/h22H,4-17,19,21H2,1-3H3. The molecular weight excluding hydrogens is 344 g/mol. The first-order valence-electron chi connectivity index (χ1n) is 10.4. The Balaban J connectivity index is 3.14. The van der Waals surface area contributed by atoms with Crippen molar-refractivity contribution in [1.29, 1.82) is 0 Å². The van der Waals surface area contributed by atoms with Gasteiger partial charge in [-0.1, -0.05) is 116 Å². The maximum absolute atomic E-state index is 4.03. The molecule has 0 aliphatic rings. The van der Waals surface area contributed by atoms with Crippen LogP contribution in [0.1, 0.15) is 96.8 Å². The Labute approximate surface area is 164 Å². The second-order valence-electron chi connectivity index (χ2n) is 7.77. The number of unbranched alkanes of at least 4 members (excludes halogenated alkanes) is 13. The van der Waals surface area contributed by atoms with Gasteiger partial charge in [-0.3, -0.25) is 0 Å². The lowest BCUT2D eigenvalue weighted by atomic mass is 10.0. The van der Waals surface area contributed by atoms with E-state index in [1.54, 1.807) is 0 Å². The summed E-state index contributed by atoms with van der Waals surface area (Å²) in [5, 5.41) is 4.07. The van der Waals surface area contributed by atoms with Crippen molar-refractivity contribution in [3.63, 3.8) is 0 Å². The molecule has 0 spiro atoms. The summed E-state index contributed by atoms with van der Waals surface area (Å²) in [6.45, 7) is 6.98. The van der Waals surface area contributed by atoms with Crippen LogP contribution in [-0.4, -0.2) is 19.2 Å². The second-order valence-corrected chi connectivity index (χ2v) is 14.0. The van der Waals surface area contributed by atoms with E-state index in [-0.39, 0.29) is 0 Å². The zero-order chi connectivity index (χ0) is 17.9. The zero-order valence-corrected chi connectivity index (χ0v) is 19.4. The van der Waals surface area contributed by atoms with Crippen LogP contribution in [-0.2, 0) is 0 Å². The van der Waals surface area contributed by atoms with Crippen molar-refractivity contribution in [3.8, 4) is 10.8 Å². The van der Waals surface area contributed by atoms with E-state index >= 15 is 0 Å². The quantitative estimate of drug-likeness (QED) is 0.115. The fourth-order valence-electron chi connectivity index (χ4n) is 2.91. The molecule has 0 aromatic carbocycles. The number of thioether (sulfide) groups is 1. The average Bonchev–Trinajstić information content (AvgIpc) is 2.54. The van der Waals surface area contributed by atoms with E-state index in [1.807, 2.05) is 0 Å². The Kier molecular flexibility index (Phi) is 18.6. The first-order valence-corrected chi connectivity index (χ1v) is 15.2. The van der Waals surface area contributed by atoms with E-state index in [4.69, 9.17) is 0 Å². The van der Waals surface area contributed by atoms with Gasteiger partial charge in [0, 0.05) is 0 Å². The van der Waals surface area contributed by atoms with Gasteiger partial charge >= 0.3 is 0 Å². The van der Waals surface area contributed by atoms with Gasteiger partial charge in [0.2, 0.25) is 0 Å². The molecule has 0 N–H and O–H groups in total. The fourth-order valence-corrected chi connectivity index (χ4v) is 7.44. The molecule has 142 valence electrons. The van der Waals surface area contributed by atoms with E-state index in [0.29, 0.717) is 0 Å². The molecule has 0 heterocycles. The molecule has 0 saturated heterocycles. The van der Waals surface area contributed by atoms with Crippen LogP contribution >= 0.6 is 24.4 Å². The lowest BCUT2D eigenvalue weighted by Crippen LogP contribution is -2.27. The van der Waals surface area contributed by atoms with E-state index in [2.05, 4.69) is 55.2 Å². The van der Waals surface area contributed by atoms with Crippen LogP contribution in [0.15, 0.2) is 0 Å². The Morgan fingerprint density at radius 2 is 1.12 bits per heavy atom. The molecule has 0 aliphatic heterocycles. The summed E-state index contributed by atoms with van der Waals surface area (Å²) in [6.07, 6.45) is 20.2. The highest BCUT2D eigenvalue weighted by molar-refractivity contribution is 8.01. The van der Waals surface area contributed by atoms with Gasteiger partial charge in [-0.15, -0.1) is 5.54 Å². The van der Waals surface area contributed by atoms with E-state index in [9.17, 15) is 0 Å². The molecule has 0 aromatic heterocycles. The van der Waals surface area contributed by atoms with Gasteiger partial charge in [-0.2, -0.15) is 11.8 Å². The highest BCUT2D eigenvalue weighted by Gasteiger charge is 2.17. The Morgan fingerprint density at radius 1 is 0.708 bits per heavy atom. The van der Waals surface area contributed by atoms with Crippen LogP contribution < -0.4 is 0 Å². The molecule has 0 aliphatic carbocycles. The topological polar surface area (TPSA) is 0 Å². The van der Waals surface area contributed by atoms with Gasteiger partial charge in [0.15, 0.2) is 0 Å². The third kappa shape index (κ3) is 18.8. The van der Waals surface area contributed by atoms with Crippen molar-refractivity contribution in [2.45, 2.75) is 110 Å². The minimum atomic E-state index is -1.28. The summed E-state index contributed by atoms with van der Waals surface area (Å²) >= 11 is 6.14. The van der Waals surface area contributed by atoms with Crippen LogP contribution in [0.4, 0.5) is 0 Å². The zero-order valence-electron chi connectivity index (χ0n) is 16.7. The maximum atomic E-state index is 4.03. The Morgan fingerprint density at radius 3 is 1.54 bits per heavy atom. The summed E-state index contributed by atoms with van der Waals surface area (Å²) in [7, 11) is -1.28. The van der Waals surface area contributed by atoms with Crippen LogP contribution in [0.3, 0.4) is 0 Å². The van der Waals surface area contributed by atoms with Gasteiger partial charge in [-0.25, -0.2) is 0 Å². The number of hydrogen-bond donors (Lipinski definition) is 1. The van der Waals surface area contributed by atoms with Crippen molar-refractivity contribution >= 4 is 32.5 Å². The van der Waals surface area contributed by atoms with Crippen LogP contribution in [0.5, 0.6) is 0 Å². The molecule has 24 heavy (non-hydrogen) atoms. The normalized spacial score (nSPS) is 11.3. The van der Waals surface area contributed by atoms with Crippen molar-refractivity contribution < 1.29 is 0 Å². The molecule has 0 saturated carbocycles. The van der Waals surface area contributed by atoms with Crippen molar-refractivity contribution in [2.24, 2.45) is 0 Å². The molecule has 0 amide bonds. The molecule has 0 atom stereocenters. The van der Waals surface area contributed by atoms with Gasteiger partial charge in [0.25, 0.3) is 0 Å². The van der Waals surface area contributed by atoms with Gasteiger partial charge in [0.05, 0.1) is 0 Å². The highest BCUT2D eigenvalue weighted by atomic mass is 32.2. The number of rotatable bonds is 17. The highest BCUT2D eigenvalue weighted by Crippen LogP contribution is 2.16. The second kappa shape index (κ2) is 18.3. The summed E-state index contributed by atoms with van der Waals surface area (Å²) in [4.78, 5) is 0. The maximum Gasteiger partial charge on any atom is 0.143 e. The lowest BCUT2D eigenvalue weighted by molar-refractivity contribution is 0.538. The Hall–Kier alpha value is 0.477. The summed E-state index contributed by atoms with van der Waals surface area (Å²) in [5.74, 6) is 1.32. The predicted octanol–water partition coefficient (Wildman–Crippen LogP) is 7.88. The third-order valence-corrected chi connectivity index (χ3v) is 9.90. The smallest absolute Gasteiger partial charge is 0.143 e. The molecule has 0 fully saturated rings. The van der Waals surface area contributed by atoms with Gasteiger partial charge < -0.3 is 0 Å². The first-order chi connectivity index (χ1) is 11.6. The molecule has 0 radical (unpaired) electrons. The SMILES string of the molecule is CCCCCCCCCCCCCCCCSC[Si](C)(C)C#CS. The predicted molar refractivity (Wildman–Crippen MR) is 122 cm³/mol. The van der Waals surface area contributed by atoms with Gasteiger partial charge in [0.1, 0.15) is 8.07 Å². The molecule has 0 nitrogen and oxygen atoms in total. The van der Waals surface area contributed by atoms with E-state index in [0.717, 1.165) is 0 Å². The van der Waals surface area contributed by atoms with E-state index in [1.165, 1.54) is 101 Å². The van der Waals surface area contributed by atoms with Crippen molar-refractivity contribution in [2.75, 3.05) is 11.1 Å². The molecular formula is C21H42S2Si.